The first-order chi connectivity index (χ1) is 9.11. The van der Waals surface area contributed by atoms with Crippen LogP contribution in [0.5, 0.6) is 0 Å². The van der Waals surface area contributed by atoms with E-state index in [0.29, 0.717) is 13.0 Å². The van der Waals surface area contributed by atoms with E-state index in [1.54, 1.807) is 4.90 Å². The lowest BCUT2D eigenvalue weighted by molar-refractivity contribution is -0.129. The van der Waals surface area contributed by atoms with E-state index in [1.165, 1.54) is 5.56 Å². The molecule has 1 amide bonds. The van der Waals surface area contributed by atoms with Crippen molar-refractivity contribution in [3.8, 4) is 0 Å². The van der Waals surface area contributed by atoms with Gasteiger partial charge >= 0.3 is 0 Å². The average molecular weight is 263 g/mol. The highest BCUT2D eigenvalue weighted by atomic mass is 16.5. The Morgan fingerprint density at radius 2 is 2.21 bits per heavy atom. The summed E-state index contributed by atoms with van der Waals surface area (Å²) in [5.74, 6) is 0.00667. The summed E-state index contributed by atoms with van der Waals surface area (Å²) < 4.78 is 5.51. The van der Waals surface area contributed by atoms with Crippen LogP contribution in [-0.4, -0.2) is 36.9 Å². The van der Waals surface area contributed by atoms with Gasteiger partial charge in [0, 0.05) is 12.3 Å². The number of nitrogens with zero attached hydrogens (tertiary/aromatic N) is 1. The number of carbonyl (C=O) groups is 1. The van der Waals surface area contributed by atoms with Crippen molar-refractivity contribution >= 4 is 11.6 Å². The molecule has 1 aromatic rings. The SMILES string of the molecule is Cc1ccc(N2CC(CCCO)OCC2=O)c(C)c1. The van der Waals surface area contributed by atoms with E-state index in [-0.39, 0.29) is 25.2 Å². The fourth-order valence-corrected chi connectivity index (χ4v) is 2.46. The van der Waals surface area contributed by atoms with Crippen LogP contribution in [0.15, 0.2) is 18.2 Å². The average Bonchev–Trinajstić information content (AvgIpc) is 2.38. The molecular formula is C15H21NO3. The highest BCUT2D eigenvalue weighted by Crippen LogP contribution is 2.24. The standard InChI is InChI=1S/C15H21NO3/c1-11-5-6-14(12(2)8-11)16-9-13(4-3-7-17)19-10-15(16)18/h5-6,8,13,17H,3-4,7,9-10H2,1-2H3. The van der Waals surface area contributed by atoms with Crippen LogP contribution in [0.3, 0.4) is 0 Å². The minimum atomic E-state index is 0.00667. The lowest BCUT2D eigenvalue weighted by Crippen LogP contribution is -2.47. The quantitative estimate of drug-likeness (QED) is 0.901. The Morgan fingerprint density at radius 1 is 1.42 bits per heavy atom. The van der Waals surface area contributed by atoms with Crippen LogP contribution < -0.4 is 4.90 Å². The molecule has 4 nitrogen and oxygen atoms in total. The van der Waals surface area contributed by atoms with E-state index in [1.807, 2.05) is 26.0 Å². The number of ether oxygens (including phenoxy) is 1. The van der Waals surface area contributed by atoms with Gasteiger partial charge in [0.15, 0.2) is 0 Å². The highest BCUT2D eigenvalue weighted by molar-refractivity contribution is 5.95. The zero-order valence-electron chi connectivity index (χ0n) is 11.6. The number of aliphatic hydroxyl groups is 1. The largest absolute Gasteiger partial charge is 0.396 e. The van der Waals surface area contributed by atoms with E-state index in [4.69, 9.17) is 9.84 Å². The van der Waals surface area contributed by atoms with Gasteiger partial charge in [-0.2, -0.15) is 0 Å². The third-order valence-corrected chi connectivity index (χ3v) is 3.46. The Kier molecular flexibility index (Phi) is 4.56. The molecule has 19 heavy (non-hydrogen) atoms. The van der Waals surface area contributed by atoms with Crippen molar-refractivity contribution in [1.82, 2.24) is 0 Å². The van der Waals surface area contributed by atoms with E-state index in [2.05, 4.69) is 6.07 Å². The van der Waals surface area contributed by atoms with Gasteiger partial charge in [-0.15, -0.1) is 0 Å². The molecular weight excluding hydrogens is 242 g/mol. The van der Waals surface area contributed by atoms with Crippen LogP contribution in [0, 0.1) is 13.8 Å². The van der Waals surface area contributed by atoms with Crippen molar-refractivity contribution in [2.45, 2.75) is 32.8 Å². The predicted octanol–water partition coefficient (Wildman–Crippen LogP) is 1.81. The van der Waals surface area contributed by atoms with Crippen molar-refractivity contribution in [2.75, 3.05) is 24.7 Å². The lowest BCUT2D eigenvalue weighted by Gasteiger charge is -2.33. The maximum atomic E-state index is 12.0. The monoisotopic (exact) mass is 263 g/mol. The van der Waals surface area contributed by atoms with Gasteiger partial charge in [0.25, 0.3) is 5.91 Å². The molecule has 0 radical (unpaired) electrons. The minimum Gasteiger partial charge on any atom is -0.396 e. The van der Waals surface area contributed by atoms with E-state index >= 15 is 0 Å². The van der Waals surface area contributed by atoms with Gasteiger partial charge in [0.1, 0.15) is 6.61 Å². The molecule has 0 bridgehead atoms. The van der Waals surface area contributed by atoms with Crippen LogP contribution in [-0.2, 0) is 9.53 Å². The molecule has 0 aliphatic carbocycles. The van der Waals surface area contributed by atoms with Crippen molar-refractivity contribution in [1.29, 1.82) is 0 Å². The fraction of sp³-hybridized carbons (Fsp3) is 0.533. The van der Waals surface area contributed by atoms with Gasteiger partial charge in [0.05, 0.1) is 12.6 Å². The molecule has 1 saturated heterocycles. The van der Waals surface area contributed by atoms with Crippen molar-refractivity contribution in [2.24, 2.45) is 0 Å². The van der Waals surface area contributed by atoms with Crippen molar-refractivity contribution in [3.63, 3.8) is 0 Å². The van der Waals surface area contributed by atoms with Gasteiger partial charge in [-0.3, -0.25) is 4.79 Å². The fourth-order valence-electron chi connectivity index (χ4n) is 2.46. The Bertz CT molecular complexity index is 459. The number of rotatable bonds is 4. The first-order valence-corrected chi connectivity index (χ1v) is 6.72. The molecule has 1 unspecified atom stereocenters. The smallest absolute Gasteiger partial charge is 0.253 e. The molecule has 104 valence electrons. The second-order valence-corrected chi connectivity index (χ2v) is 5.09. The van der Waals surface area contributed by atoms with Crippen LogP contribution >= 0.6 is 0 Å². The summed E-state index contributed by atoms with van der Waals surface area (Å²) in [6.07, 6.45) is 1.51. The number of carbonyl (C=O) groups excluding carboxylic acids is 1. The normalized spacial score (nSPS) is 19.8. The molecule has 1 heterocycles. The summed E-state index contributed by atoms with van der Waals surface area (Å²) in [4.78, 5) is 13.8. The topological polar surface area (TPSA) is 49.8 Å². The second-order valence-electron chi connectivity index (χ2n) is 5.09. The molecule has 1 N–H and O–H groups in total. The number of hydrogen-bond donors (Lipinski definition) is 1. The maximum Gasteiger partial charge on any atom is 0.253 e. The lowest BCUT2D eigenvalue weighted by atomic mass is 10.1. The summed E-state index contributed by atoms with van der Waals surface area (Å²) in [6.45, 7) is 4.93. The van der Waals surface area contributed by atoms with E-state index < -0.39 is 0 Å². The minimum absolute atomic E-state index is 0.00667. The first kappa shape index (κ1) is 14.0. The van der Waals surface area contributed by atoms with Gasteiger partial charge in [-0.25, -0.2) is 0 Å². The summed E-state index contributed by atoms with van der Waals surface area (Å²) >= 11 is 0. The molecule has 0 aromatic heterocycles. The number of aryl methyl sites for hydroxylation is 2. The van der Waals surface area contributed by atoms with Gasteiger partial charge in [0.2, 0.25) is 0 Å². The van der Waals surface area contributed by atoms with Gasteiger partial charge in [-0.1, -0.05) is 17.7 Å². The van der Waals surface area contributed by atoms with Gasteiger partial charge < -0.3 is 14.7 Å². The summed E-state index contributed by atoms with van der Waals surface area (Å²) in [5.41, 5.74) is 3.27. The Labute approximate surface area is 114 Å². The van der Waals surface area contributed by atoms with Crippen LogP contribution in [0.1, 0.15) is 24.0 Å². The Balaban J connectivity index is 2.14. The Hall–Kier alpha value is -1.39. The summed E-state index contributed by atoms with van der Waals surface area (Å²) in [7, 11) is 0. The highest BCUT2D eigenvalue weighted by Gasteiger charge is 2.27. The van der Waals surface area contributed by atoms with Crippen molar-refractivity contribution < 1.29 is 14.6 Å². The zero-order valence-corrected chi connectivity index (χ0v) is 11.6. The molecule has 1 aromatic carbocycles. The summed E-state index contributed by atoms with van der Waals surface area (Å²) in [6, 6.07) is 6.10. The molecule has 1 fully saturated rings. The number of morpholine rings is 1. The van der Waals surface area contributed by atoms with Crippen LogP contribution in [0.2, 0.25) is 0 Å². The number of hydrogen-bond acceptors (Lipinski definition) is 3. The number of benzene rings is 1. The second kappa shape index (κ2) is 6.17. The van der Waals surface area contributed by atoms with Crippen LogP contribution in [0.25, 0.3) is 0 Å². The third-order valence-electron chi connectivity index (χ3n) is 3.46. The van der Waals surface area contributed by atoms with Crippen LogP contribution in [0.4, 0.5) is 5.69 Å². The molecule has 2 rings (SSSR count). The van der Waals surface area contributed by atoms with E-state index in [9.17, 15) is 4.79 Å². The molecule has 0 saturated carbocycles. The molecule has 1 aliphatic rings. The molecule has 1 atom stereocenters. The molecule has 4 heteroatoms. The maximum absolute atomic E-state index is 12.0. The van der Waals surface area contributed by atoms with Gasteiger partial charge in [-0.05, 0) is 38.3 Å². The van der Waals surface area contributed by atoms with E-state index in [0.717, 1.165) is 17.7 Å². The first-order valence-electron chi connectivity index (χ1n) is 6.72. The Morgan fingerprint density at radius 3 is 2.89 bits per heavy atom. The number of aliphatic hydroxyl groups excluding tert-OH is 1. The molecule has 1 aliphatic heterocycles. The predicted molar refractivity (Wildman–Crippen MR) is 74.3 cm³/mol. The number of anilines is 1. The zero-order chi connectivity index (χ0) is 13.8. The number of amides is 1. The van der Waals surface area contributed by atoms with Crippen molar-refractivity contribution in [3.05, 3.63) is 29.3 Å². The molecule has 0 spiro atoms. The summed E-state index contributed by atoms with van der Waals surface area (Å²) in [5, 5.41) is 8.87. The third kappa shape index (κ3) is 3.33.